The standard InChI is InChI=1S/C21H26Cl2N4O4S/c1-4-26(5-2)19(29)11-15-13-32-21(24-15)25-18(28)12-27(8-9-31-3)20(30)16-7-6-14(22)10-17(16)23/h6-7,10,13H,4-5,8-9,11-12H2,1-3H3,(H,24,25,28). The van der Waals surface area contributed by atoms with Crippen LogP contribution in [0.4, 0.5) is 5.13 Å². The molecule has 0 atom stereocenters. The minimum Gasteiger partial charge on any atom is -0.383 e. The molecule has 0 saturated heterocycles. The third-order valence-electron chi connectivity index (χ3n) is 4.60. The summed E-state index contributed by atoms with van der Waals surface area (Å²) in [5, 5.41) is 5.39. The van der Waals surface area contributed by atoms with Crippen LogP contribution < -0.4 is 5.32 Å². The molecule has 1 aromatic carbocycles. The molecule has 3 amide bonds. The zero-order valence-electron chi connectivity index (χ0n) is 18.2. The minimum absolute atomic E-state index is 0.0191. The van der Waals surface area contributed by atoms with Gasteiger partial charge in [-0.1, -0.05) is 23.2 Å². The predicted octanol–water partition coefficient (Wildman–Crippen LogP) is 3.59. The van der Waals surface area contributed by atoms with Gasteiger partial charge in [-0.05, 0) is 32.0 Å². The monoisotopic (exact) mass is 500 g/mol. The second-order valence-corrected chi connectivity index (χ2v) is 8.48. The predicted molar refractivity (Wildman–Crippen MR) is 127 cm³/mol. The molecule has 0 saturated carbocycles. The Morgan fingerprint density at radius 3 is 2.50 bits per heavy atom. The van der Waals surface area contributed by atoms with E-state index in [2.05, 4.69) is 10.3 Å². The van der Waals surface area contributed by atoms with Crippen LogP contribution in [0.25, 0.3) is 0 Å². The van der Waals surface area contributed by atoms with Crippen LogP contribution in [0.2, 0.25) is 10.0 Å². The fourth-order valence-electron chi connectivity index (χ4n) is 2.91. The molecule has 32 heavy (non-hydrogen) atoms. The number of nitrogens with zero attached hydrogens (tertiary/aromatic N) is 3. The summed E-state index contributed by atoms with van der Waals surface area (Å²) in [7, 11) is 1.51. The second kappa shape index (κ2) is 12.7. The first-order valence-corrected chi connectivity index (χ1v) is 11.7. The molecule has 2 aromatic rings. The van der Waals surface area contributed by atoms with Gasteiger partial charge < -0.3 is 19.9 Å². The van der Waals surface area contributed by atoms with Crippen LogP contribution in [-0.4, -0.2) is 72.4 Å². The summed E-state index contributed by atoms with van der Waals surface area (Å²) in [5.41, 5.74) is 0.828. The number of amides is 3. The van der Waals surface area contributed by atoms with E-state index in [-0.39, 0.29) is 42.6 Å². The van der Waals surface area contributed by atoms with Crippen molar-refractivity contribution in [3.63, 3.8) is 0 Å². The van der Waals surface area contributed by atoms with Gasteiger partial charge in [-0.2, -0.15) is 0 Å². The number of benzene rings is 1. The molecule has 1 aromatic heterocycles. The van der Waals surface area contributed by atoms with Crippen molar-refractivity contribution in [1.29, 1.82) is 0 Å². The zero-order chi connectivity index (χ0) is 23.7. The number of anilines is 1. The number of aromatic nitrogens is 1. The molecule has 0 aliphatic carbocycles. The topological polar surface area (TPSA) is 91.8 Å². The van der Waals surface area contributed by atoms with Crippen molar-refractivity contribution >= 4 is 57.4 Å². The lowest BCUT2D eigenvalue weighted by molar-refractivity contribution is -0.130. The lowest BCUT2D eigenvalue weighted by atomic mass is 10.2. The molecule has 0 aliphatic rings. The normalized spacial score (nSPS) is 10.7. The van der Waals surface area contributed by atoms with Crippen LogP contribution in [0.3, 0.4) is 0 Å². The molecule has 2 rings (SSSR count). The molecule has 1 N–H and O–H groups in total. The van der Waals surface area contributed by atoms with Crippen molar-refractivity contribution in [2.24, 2.45) is 0 Å². The summed E-state index contributed by atoms with van der Waals surface area (Å²) in [6, 6.07) is 4.55. The van der Waals surface area contributed by atoms with Gasteiger partial charge in [0.15, 0.2) is 5.13 Å². The molecule has 8 nitrogen and oxygen atoms in total. The van der Waals surface area contributed by atoms with Gasteiger partial charge in [0.1, 0.15) is 6.54 Å². The van der Waals surface area contributed by atoms with Gasteiger partial charge in [-0.3, -0.25) is 14.4 Å². The third kappa shape index (κ3) is 7.44. The Balaban J connectivity index is 2.03. The molecular weight excluding hydrogens is 475 g/mol. The van der Waals surface area contributed by atoms with Crippen molar-refractivity contribution in [1.82, 2.24) is 14.8 Å². The van der Waals surface area contributed by atoms with E-state index in [4.69, 9.17) is 27.9 Å². The van der Waals surface area contributed by atoms with Crippen molar-refractivity contribution in [2.45, 2.75) is 20.3 Å². The van der Waals surface area contributed by atoms with Gasteiger partial charge >= 0.3 is 0 Å². The number of likely N-dealkylation sites (N-methyl/N-ethyl adjacent to an activating group) is 1. The van der Waals surface area contributed by atoms with Crippen LogP contribution in [-0.2, 0) is 20.7 Å². The maximum absolute atomic E-state index is 12.9. The molecule has 0 radical (unpaired) electrons. The summed E-state index contributed by atoms with van der Waals surface area (Å²) in [5.74, 6) is -0.853. The fourth-order valence-corrected chi connectivity index (χ4v) is 4.12. The molecule has 0 aliphatic heterocycles. The number of rotatable bonds is 11. The quantitative estimate of drug-likeness (QED) is 0.508. The molecule has 0 fully saturated rings. The SMILES string of the molecule is CCN(CC)C(=O)Cc1csc(NC(=O)CN(CCOC)C(=O)c2ccc(Cl)cc2Cl)n1. The van der Waals surface area contributed by atoms with Crippen LogP contribution in [0, 0.1) is 0 Å². The molecule has 11 heteroatoms. The first-order valence-electron chi connectivity index (χ1n) is 10.0. The Bertz CT molecular complexity index is 950. The Morgan fingerprint density at radius 2 is 1.88 bits per heavy atom. The van der Waals surface area contributed by atoms with Crippen LogP contribution >= 0.6 is 34.5 Å². The van der Waals surface area contributed by atoms with E-state index in [1.165, 1.54) is 35.5 Å². The van der Waals surface area contributed by atoms with Crippen LogP contribution in [0.15, 0.2) is 23.6 Å². The number of carbonyl (C=O) groups excluding carboxylic acids is 3. The lowest BCUT2D eigenvalue weighted by Crippen LogP contribution is -2.40. The summed E-state index contributed by atoms with van der Waals surface area (Å²) >= 11 is 13.3. The number of nitrogens with one attached hydrogen (secondary N) is 1. The van der Waals surface area contributed by atoms with E-state index >= 15 is 0 Å². The van der Waals surface area contributed by atoms with Gasteiger partial charge in [0, 0.05) is 37.1 Å². The van der Waals surface area contributed by atoms with Crippen LogP contribution in [0.5, 0.6) is 0 Å². The first-order chi connectivity index (χ1) is 15.3. The van der Waals surface area contributed by atoms with E-state index < -0.39 is 11.8 Å². The largest absolute Gasteiger partial charge is 0.383 e. The van der Waals surface area contributed by atoms with E-state index in [1.54, 1.807) is 16.3 Å². The molecule has 1 heterocycles. The molecule has 0 unspecified atom stereocenters. The second-order valence-electron chi connectivity index (χ2n) is 6.78. The van der Waals surface area contributed by atoms with Gasteiger partial charge in [0.2, 0.25) is 11.8 Å². The highest BCUT2D eigenvalue weighted by Crippen LogP contribution is 2.22. The van der Waals surface area contributed by atoms with Crippen molar-refractivity contribution < 1.29 is 19.1 Å². The smallest absolute Gasteiger partial charge is 0.255 e. The highest BCUT2D eigenvalue weighted by atomic mass is 35.5. The number of hydrogen-bond donors (Lipinski definition) is 1. The van der Waals surface area contributed by atoms with Gasteiger partial charge in [-0.15, -0.1) is 11.3 Å². The number of carbonyl (C=O) groups is 3. The van der Waals surface area contributed by atoms with Gasteiger partial charge in [-0.25, -0.2) is 4.98 Å². The van der Waals surface area contributed by atoms with E-state index in [9.17, 15) is 14.4 Å². The molecular formula is C21H26Cl2N4O4S. The number of ether oxygens (including phenoxy) is 1. The summed E-state index contributed by atoms with van der Waals surface area (Å²) in [6.07, 6.45) is 0.168. The highest BCUT2D eigenvalue weighted by Gasteiger charge is 2.22. The van der Waals surface area contributed by atoms with Gasteiger partial charge in [0.05, 0.1) is 29.3 Å². The molecule has 174 valence electrons. The van der Waals surface area contributed by atoms with E-state index in [1.807, 2.05) is 13.8 Å². The van der Waals surface area contributed by atoms with E-state index in [0.29, 0.717) is 28.9 Å². The zero-order valence-corrected chi connectivity index (χ0v) is 20.5. The van der Waals surface area contributed by atoms with Crippen molar-refractivity contribution in [3.8, 4) is 0 Å². The first kappa shape index (κ1) is 26.1. The van der Waals surface area contributed by atoms with Crippen LogP contribution in [0.1, 0.15) is 29.9 Å². The maximum atomic E-state index is 12.9. The Morgan fingerprint density at radius 1 is 1.16 bits per heavy atom. The van der Waals surface area contributed by atoms with Crippen molar-refractivity contribution in [3.05, 3.63) is 44.9 Å². The van der Waals surface area contributed by atoms with Crippen molar-refractivity contribution in [2.75, 3.05) is 45.2 Å². The summed E-state index contributed by atoms with van der Waals surface area (Å²) < 4.78 is 5.06. The third-order valence-corrected chi connectivity index (χ3v) is 5.95. The average Bonchev–Trinajstić information content (AvgIpc) is 3.18. The Labute approximate surface area is 201 Å². The highest BCUT2D eigenvalue weighted by molar-refractivity contribution is 7.13. The number of methoxy groups -OCH3 is 1. The average molecular weight is 501 g/mol. The number of halogens is 2. The maximum Gasteiger partial charge on any atom is 0.255 e. The molecule has 0 spiro atoms. The minimum atomic E-state index is -0.421. The van der Waals surface area contributed by atoms with Gasteiger partial charge in [0.25, 0.3) is 5.91 Å². The Kier molecular flexibility index (Phi) is 10.4. The summed E-state index contributed by atoms with van der Waals surface area (Å²) in [6.45, 7) is 5.33. The Hall–Kier alpha value is -2.20. The number of hydrogen-bond acceptors (Lipinski definition) is 6. The fraction of sp³-hybridized carbons (Fsp3) is 0.429. The lowest BCUT2D eigenvalue weighted by Gasteiger charge is -2.22. The molecule has 0 bridgehead atoms. The number of thiazole rings is 1. The van der Waals surface area contributed by atoms with E-state index in [0.717, 1.165) is 0 Å². The summed E-state index contributed by atoms with van der Waals surface area (Å²) in [4.78, 5) is 45.1.